The van der Waals surface area contributed by atoms with Gasteiger partial charge in [0.25, 0.3) is 0 Å². The Hall–Kier alpha value is -7.56. The molecule has 0 bridgehead atoms. The predicted molar refractivity (Wildman–Crippen MR) is 271 cm³/mol. The van der Waals surface area contributed by atoms with Crippen LogP contribution in [0.15, 0.2) is 186 Å². The number of aryl methyl sites for hydroxylation is 3. The van der Waals surface area contributed by atoms with Gasteiger partial charge in [-0.25, -0.2) is 0 Å². The minimum atomic E-state index is -0.237. The number of benzene rings is 9. The summed E-state index contributed by atoms with van der Waals surface area (Å²) in [7, 11) is 2.17. The normalized spacial score (nSPS) is 13.0. The number of furan rings is 1. The molecule has 0 saturated carbocycles. The number of rotatable bonds is 8. The number of aromatic nitrogens is 1. The van der Waals surface area contributed by atoms with Crippen molar-refractivity contribution >= 4 is 88.6 Å². The Morgan fingerprint density at radius 1 is 0.469 bits per heavy atom. The summed E-state index contributed by atoms with van der Waals surface area (Å²) < 4.78 is 9.19. The van der Waals surface area contributed by atoms with Crippen LogP contribution in [0.4, 0.5) is 34.1 Å². The maximum atomic E-state index is 6.88. The molecule has 310 valence electrons. The van der Waals surface area contributed by atoms with E-state index >= 15 is 0 Å². The van der Waals surface area contributed by atoms with Crippen LogP contribution < -0.4 is 9.80 Å². The van der Waals surface area contributed by atoms with Gasteiger partial charge in [-0.2, -0.15) is 0 Å². The van der Waals surface area contributed by atoms with Gasteiger partial charge >= 0.3 is 0 Å². The lowest BCUT2D eigenvalue weighted by Gasteiger charge is -2.34. The van der Waals surface area contributed by atoms with Crippen molar-refractivity contribution in [3.8, 4) is 11.1 Å². The summed E-state index contributed by atoms with van der Waals surface area (Å²) in [4.78, 5) is 4.95. The molecule has 12 rings (SSSR count). The molecule has 9 aromatic carbocycles. The van der Waals surface area contributed by atoms with Crippen molar-refractivity contribution in [1.29, 1.82) is 0 Å². The molecule has 0 unspecified atom stereocenters. The van der Waals surface area contributed by atoms with Gasteiger partial charge in [0.05, 0.1) is 17.1 Å². The molecule has 2 heterocycles. The van der Waals surface area contributed by atoms with Crippen LogP contribution in [0.2, 0.25) is 0 Å². The van der Waals surface area contributed by atoms with Crippen molar-refractivity contribution in [3.63, 3.8) is 0 Å². The van der Waals surface area contributed by atoms with E-state index in [-0.39, 0.29) is 5.41 Å². The van der Waals surface area contributed by atoms with Crippen LogP contribution in [0.3, 0.4) is 0 Å². The Kier molecular flexibility index (Phi) is 8.64. The first kappa shape index (κ1) is 38.1. The zero-order valence-electron chi connectivity index (χ0n) is 37.0. The van der Waals surface area contributed by atoms with Gasteiger partial charge in [0.1, 0.15) is 5.58 Å². The third-order valence-corrected chi connectivity index (χ3v) is 14.5. The third kappa shape index (κ3) is 5.42. The molecule has 0 atom stereocenters. The molecule has 64 heavy (non-hydrogen) atoms. The van der Waals surface area contributed by atoms with Crippen molar-refractivity contribution < 1.29 is 4.42 Å². The molecule has 0 saturated heterocycles. The van der Waals surface area contributed by atoms with Gasteiger partial charge in [0, 0.05) is 67.5 Å². The highest BCUT2D eigenvalue weighted by Gasteiger charge is 2.43. The summed E-state index contributed by atoms with van der Waals surface area (Å²) in [6, 6.07) is 67.1. The fraction of sp³-hybridized carbons (Fsp3) is 0.133. The second kappa shape index (κ2) is 14.5. The summed E-state index contributed by atoms with van der Waals surface area (Å²) in [6.07, 6.45) is 1.92. The Labute approximate surface area is 374 Å². The van der Waals surface area contributed by atoms with Crippen molar-refractivity contribution in [1.82, 2.24) is 4.57 Å². The molecule has 0 fully saturated rings. The average molecular weight is 828 g/mol. The van der Waals surface area contributed by atoms with Crippen molar-refractivity contribution in [2.75, 3.05) is 9.80 Å². The van der Waals surface area contributed by atoms with Gasteiger partial charge < -0.3 is 18.8 Å². The third-order valence-electron chi connectivity index (χ3n) is 14.5. The Balaban J connectivity index is 1.14. The van der Waals surface area contributed by atoms with Gasteiger partial charge in [-0.1, -0.05) is 129 Å². The molecule has 0 N–H and O–H groups in total. The molecule has 11 aromatic rings. The first-order chi connectivity index (χ1) is 31.4. The van der Waals surface area contributed by atoms with Crippen LogP contribution in [0.25, 0.3) is 65.6 Å². The highest BCUT2D eigenvalue weighted by atomic mass is 16.3. The highest BCUT2D eigenvalue weighted by Crippen LogP contribution is 2.59. The Morgan fingerprint density at radius 2 is 1.09 bits per heavy atom. The molecule has 0 aliphatic heterocycles. The van der Waals surface area contributed by atoms with Crippen LogP contribution in [0.1, 0.15) is 48.9 Å². The standard InChI is InChI=1S/C60H49N3O/c1-6-60(7-2)50-36-42(62(40-21-9-8-10-22-40)58-38(3)19-17-20-39(58)4)31-33-48(50)57-46-26-12-11-23-43(46)55(37-51(57)60)63(54-29-18-27-47-45-25-14-16-30-56(45)64-59(47)54)41-32-34-53-49(35-41)44-24-13-15-28-52(44)61(53)5/h8-37H,6-7H2,1-5H3. The maximum absolute atomic E-state index is 6.88. The fourth-order valence-electron chi connectivity index (χ4n) is 11.4. The van der Waals surface area contributed by atoms with Gasteiger partial charge in [-0.3, -0.25) is 0 Å². The Morgan fingerprint density at radius 3 is 1.88 bits per heavy atom. The SMILES string of the molecule is CCC1(CC)c2cc(N(c3ccccc3)c3c(C)cccc3C)ccc2-c2c1cc(N(c1ccc3c(c1)c1ccccc1n3C)c1cccc3c1oc1ccccc13)c1ccccc21. The minimum absolute atomic E-state index is 0.237. The van der Waals surface area contributed by atoms with Crippen molar-refractivity contribution in [2.24, 2.45) is 7.05 Å². The van der Waals surface area contributed by atoms with Crippen LogP contribution in [0, 0.1) is 13.8 Å². The zero-order valence-corrected chi connectivity index (χ0v) is 37.0. The van der Waals surface area contributed by atoms with E-state index in [1.165, 1.54) is 77.3 Å². The topological polar surface area (TPSA) is 24.6 Å². The molecular formula is C60H49N3O. The molecule has 4 nitrogen and oxygen atoms in total. The summed E-state index contributed by atoms with van der Waals surface area (Å²) in [6.45, 7) is 9.22. The number of hydrogen-bond acceptors (Lipinski definition) is 3. The van der Waals surface area contributed by atoms with Crippen LogP contribution in [-0.2, 0) is 12.5 Å². The van der Waals surface area contributed by atoms with Gasteiger partial charge in [-0.05, 0) is 132 Å². The summed E-state index contributed by atoms with van der Waals surface area (Å²) >= 11 is 0. The molecule has 4 heteroatoms. The van der Waals surface area contributed by atoms with E-state index in [1.54, 1.807) is 0 Å². The lowest BCUT2D eigenvalue weighted by Crippen LogP contribution is -2.24. The molecule has 1 aliphatic carbocycles. The lowest BCUT2D eigenvalue weighted by molar-refractivity contribution is 0.491. The highest BCUT2D eigenvalue weighted by molar-refractivity contribution is 6.16. The van der Waals surface area contributed by atoms with Crippen LogP contribution in [0.5, 0.6) is 0 Å². The largest absolute Gasteiger partial charge is 0.454 e. The monoisotopic (exact) mass is 827 g/mol. The summed E-state index contributed by atoms with van der Waals surface area (Å²) in [5, 5.41) is 7.16. The molecule has 0 spiro atoms. The van der Waals surface area contributed by atoms with Crippen LogP contribution >= 0.6 is 0 Å². The molecule has 1 aliphatic rings. The smallest absolute Gasteiger partial charge is 0.159 e. The fourth-order valence-corrected chi connectivity index (χ4v) is 11.4. The van der Waals surface area contributed by atoms with E-state index in [4.69, 9.17) is 4.42 Å². The van der Waals surface area contributed by atoms with E-state index in [2.05, 4.69) is 231 Å². The van der Waals surface area contributed by atoms with Crippen molar-refractivity contribution in [2.45, 2.75) is 46.0 Å². The van der Waals surface area contributed by atoms with E-state index in [0.29, 0.717) is 0 Å². The Bertz CT molecular complexity index is 3620. The number of para-hydroxylation sites is 5. The van der Waals surface area contributed by atoms with Crippen LogP contribution in [-0.4, -0.2) is 4.57 Å². The van der Waals surface area contributed by atoms with E-state index in [1.807, 2.05) is 0 Å². The number of nitrogens with zero attached hydrogens (tertiary/aromatic N) is 3. The first-order valence-corrected chi connectivity index (χ1v) is 22.7. The average Bonchev–Trinajstić information content (AvgIpc) is 3.96. The van der Waals surface area contributed by atoms with Crippen molar-refractivity contribution in [3.05, 3.63) is 204 Å². The van der Waals surface area contributed by atoms with Gasteiger partial charge in [0.15, 0.2) is 5.58 Å². The number of anilines is 6. The second-order valence-corrected chi connectivity index (χ2v) is 17.7. The molecule has 0 radical (unpaired) electrons. The maximum Gasteiger partial charge on any atom is 0.159 e. The van der Waals surface area contributed by atoms with E-state index in [0.717, 1.165) is 57.5 Å². The van der Waals surface area contributed by atoms with Gasteiger partial charge in [0.2, 0.25) is 0 Å². The van der Waals surface area contributed by atoms with E-state index in [9.17, 15) is 0 Å². The van der Waals surface area contributed by atoms with Gasteiger partial charge in [-0.15, -0.1) is 0 Å². The first-order valence-electron chi connectivity index (χ1n) is 22.7. The summed E-state index contributed by atoms with van der Waals surface area (Å²) in [5.74, 6) is 0. The summed E-state index contributed by atoms with van der Waals surface area (Å²) in [5.41, 5.74) is 18.7. The lowest BCUT2D eigenvalue weighted by atomic mass is 9.73. The number of fused-ring (bicyclic) bond motifs is 11. The zero-order chi connectivity index (χ0) is 43.3. The number of hydrogen-bond donors (Lipinski definition) is 0. The quantitative estimate of drug-likeness (QED) is 0.153. The molecule has 2 aromatic heterocycles. The minimum Gasteiger partial charge on any atom is -0.454 e. The molecule has 0 amide bonds. The second-order valence-electron chi connectivity index (χ2n) is 17.7. The predicted octanol–water partition coefficient (Wildman–Crippen LogP) is 17.0. The molecular weight excluding hydrogens is 779 g/mol. The van der Waals surface area contributed by atoms with E-state index < -0.39 is 0 Å².